The van der Waals surface area contributed by atoms with Gasteiger partial charge in [-0.2, -0.15) is 11.3 Å². The van der Waals surface area contributed by atoms with Crippen LogP contribution < -0.4 is 4.74 Å². The first-order chi connectivity index (χ1) is 19.6. The molecule has 6 heteroatoms. The fourth-order valence-corrected chi connectivity index (χ4v) is 6.42. The van der Waals surface area contributed by atoms with E-state index in [2.05, 4.69) is 77.9 Å². The van der Waals surface area contributed by atoms with Crippen molar-refractivity contribution in [3.8, 4) is 34.0 Å². The van der Waals surface area contributed by atoms with Gasteiger partial charge in [0.1, 0.15) is 5.58 Å². The van der Waals surface area contributed by atoms with Crippen molar-refractivity contribution >= 4 is 42.7 Å². The zero-order valence-corrected chi connectivity index (χ0v) is 27.5. The molecule has 3 aromatic carbocycles. The van der Waals surface area contributed by atoms with Gasteiger partial charge in [0, 0.05) is 28.2 Å². The second kappa shape index (κ2) is 10.3. The van der Waals surface area contributed by atoms with Crippen LogP contribution in [0.5, 0.6) is 11.5 Å². The second-order valence-corrected chi connectivity index (χ2v) is 13.6. The molecular weight excluding hydrogens is 720 g/mol. The van der Waals surface area contributed by atoms with E-state index in [9.17, 15) is 0 Å². The van der Waals surface area contributed by atoms with Crippen LogP contribution in [0.3, 0.4) is 0 Å². The van der Waals surface area contributed by atoms with Crippen molar-refractivity contribution in [3.63, 3.8) is 0 Å². The summed E-state index contributed by atoms with van der Waals surface area (Å²) in [5, 5.41) is 2.18. The number of aromatic nitrogens is 2. The SMILES string of the molecule is CC(C)(C)c1ccc(-c2[c-]c(Oc3[c-]c(-c4cc(C(C)(C)C)ccn4)c4sc5cccc6oc3c4c65)ccc2)nc1.[Pt+2]. The standard InChI is InChI=1S/C36H30N2O2S.Pt/c1-35(2,3)22-15-16-37-27(18-22)25-19-29(33-32-31-28(40-33)11-8-12-30(31)41-34(25)32)39-24-10-7-9-21(17-24)26-14-13-23(20-38-26)36(4,5)6;/h7-16,18,20H,1-6H3;/q-2;+2. The molecule has 0 unspecified atom stereocenters. The largest absolute Gasteiger partial charge is 2.00 e. The van der Waals surface area contributed by atoms with Gasteiger partial charge in [0.2, 0.25) is 0 Å². The maximum Gasteiger partial charge on any atom is 2.00 e. The van der Waals surface area contributed by atoms with Gasteiger partial charge in [-0.25, -0.2) is 0 Å². The summed E-state index contributed by atoms with van der Waals surface area (Å²) in [7, 11) is 0. The molecule has 4 heterocycles. The summed E-state index contributed by atoms with van der Waals surface area (Å²) < 4.78 is 15.2. The molecule has 0 N–H and O–H groups in total. The first-order valence-corrected chi connectivity index (χ1v) is 14.6. The number of benzene rings is 3. The summed E-state index contributed by atoms with van der Waals surface area (Å²) in [5.74, 6) is 1.10. The summed E-state index contributed by atoms with van der Waals surface area (Å²) in [6.07, 6.45) is 3.82. The van der Waals surface area contributed by atoms with E-state index in [0.29, 0.717) is 17.1 Å². The zero-order chi connectivity index (χ0) is 28.5. The average molecular weight is 750 g/mol. The topological polar surface area (TPSA) is 48.2 Å². The van der Waals surface area contributed by atoms with Crippen LogP contribution in [-0.2, 0) is 31.9 Å². The maximum absolute atomic E-state index is 6.53. The van der Waals surface area contributed by atoms with Crippen LogP contribution in [0.25, 0.3) is 53.9 Å². The predicted octanol–water partition coefficient (Wildman–Crippen LogP) is 10.3. The van der Waals surface area contributed by atoms with E-state index in [-0.39, 0.29) is 31.9 Å². The normalized spacial score (nSPS) is 12.3. The van der Waals surface area contributed by atoms with Crippen molar-refractivity contribution in [3.05, 3.63) is 96.3 Å². The number of ether oxygens (including phenoxy) is 1. The first kappa shape index (κ1) is 28.6. The van der Waals surface area contributed by atoms with Crippen LogP contribution in [0.4, 0.5) is 0 Å². The Morgan fingerprint density at radius 1 is 0.786 bits per heavy atom. The van der Waals surface area contributed by atoms with Crippen molar-refractivity contribution in [2.75, 3.05) is 0 Å². The molecule has 0 bridgehead atoms. The molecule has 0 spiro atoms. The molecule has 0 atom stereocenters. The molecule has 7 rings (SSSR count). The number of pyridine rings is 2. The van der Waals surface area contributed by atoms with E-state index >= 15 is 0 Å². The third-order valence-electron chi connectivity index (χ3n) is 7.56. The molecule has 212 valence electrons. The van der Waals surface area contributed by atoms with Gasteiger partial charge in [0.05, 0.1) is 11.3 Å². The molecule has 0 aliphatic carbocycles. The number of hydrogen-bond acceptors (Lipinski definition) is 5. The smallest absolute Gasteiger partial charge is 0.497 e. The number of rotatable bonds is 4. The van der Waals surface area contributed by atoms with E-state index < -0.39 is 0 Å². The number of furan rings is 1. The Labute approximate surface area is 264 Å². The molecule has 0 saturated carbocycles. The predicted molar refractivity (Wildman–Crippen MR) is 168 cm³/mol. The zero-order valence-electron chi connectivity index (χ0n) is 24.4. The van der Waals surface area contributed by atoms with Gasteiger partial charge >= 0.3 is 21.1 Å². The molecule has 0 fully saturated rings. The third-order valence-corrected chi connectivity index (χ3v) is 8.73. The summed E-state index contributed by atoms with van der Waals surface area (Å²) in [4.78, 5) is 9.50. The van der Waals surface area contributed by atoms with Gasteiger partial charge in [0.25, 0.3) is 0 Å². The molecular formula is C36H30N2O2PtS. The van der Waals surface area contributed by atoms with Crippen LogP contribution in [0, 0.1) is 12.1 Å². The van der Waals surface area contributed by atoms with Gasteiger partial charge in [-0.3, -0.25) is 0 Å². The quantitative estimate of drug-likeness (QED) is 0.168. The average Bonchev–Trinajstić information content (AvgIpc) is 3.54. The third kappa shape index (κ3) is 4.93. The van der Waals surface area contributed by atoms with Crippen LogP contribution in [0.15, 0.2) is 77.5 Å². The fraction of sp³-hybridized carbons (Fsp3) is 0.222. The van der Waals surface area contributed by atoms with Crippen LogP contribution in [0.1, 0.15) is 52.7 Å². The van der Waals surface area contributed by atoms with Gasteiger partial charge in [-0.05, 0) is 61.6 Å². The molecule has 42 heavy (non-hydrogen) atoms. The van der Waals surface area contributed by atoms with E-state index in [1.54, 1.807) is 11.3 Å². The fourth-order valence-electron chi connectivity index (χ4n) is 5.19. The number of nitrogens with zero attached hydrogens (tertiary/aromatic N) is 2. The van der Waals surface area contributed by atoms with Crippen LogP contribution in [0.2, 0.25) is 0 Å². The molecule has 4 aromatic heterocycles. The number of thiophene rings is 1. The minimum absolute atomic E-state index is 0. The van der Waals surface area contributed by atoms with Crippen molar-refractivity contribution < 1.29 is 30.2 Å². The van der Waals surface area contributed by atoms with Crippen molar-refractivity contribution in [1.82, 2.24) is 9.97 Å². The maximum atomic E-state index is 6.53. The van der Waals surface area contributed by atoms with E-state index in [1.807, 2.05) is 48.8 Å². The molecule has 0 amide bonds. The Morgan fingerprint density at radius 2 is 1.57 bits per heavy atom. The van der Waals surface area contributed by atoms with Crippen molar-refractivity contribution in [2.24, 2.45) is 0 Å². The van der Waals surface area contributed by atoms with Crippen molar-refractivity contribution in [1.29, 1.82) is 0 Å². The minimum atomic E-state index is -0.00496. The number of hydrogen-bond donors (Lipinski definition) is 0. The summed E-state index contributed by atoms with van der Waals surface area (Å²) >= 11 is 1.75. The van der Waals surface area contributed by atoms with E-state index in [4.69, 9.17) is 19.1 Å². The first-order valence-electron chi connectivity index (χ1n) is 13.8. The molecule has 0 aliphatic heterocycles. The summed E-state index contributed by atoms with van der Waals surface area (Å²) in [6, 6.07) is 27.5. The van der Waals surface area contributed by atoms with Gasteiger partial charge in [0.15, 0.2) is 0 Å². The van der Waals surface area contributed by atoms with E-state index in [1.165, 1.54) is 15.8 Å². The molecule has 4 nitrogen and oxygen atoms in total. The monoisotopic (exact) mass is 749 g/mol. The minimum Gasteiger partial charge on any atom is -0.497 e. The molecule has 0 radical (unpaired) electrons. The second-order valence-electron chi connectivity index (χ2n) is 12.6. The van der Waals surface area contributed by atoms with Crippen LogP contribution in [-0.4, -0.2) is 9.97 Å². The van der Waals surface area contributed by atoms with Gasteiger partial charge < -0.3 is 19.1 Å². The molecule has 0 saturated heterocycles. The Kier molecular flexibility index (Phi) is 7.03. The molecule has 0 aliphatic rings. The van der Waals surface area contributed by atoms with E-state index in [0.717, 1.165) is 43.6 Å². The Balaban J connectivity index is 0.00000316. The summed E-state index contributed by atoms with van der Waals surface area (Å²) in [5.41, 5.74) is 7.47. The molecule has 7 aromatic rings. The Hall–Kier alpha value is -3.53. The van der Waals surface area contributed by atoms with Crippen LogP contribution >= 0.6 is 11.3 Å². The van der Waals surface area contributed by atoms with Gasteiger partial charge in [-0.15, -0.1) is 29.3 Å². The van der Waals surface area contributed by atoms with Gasteiger partial charge in [-0.1, -0.05) is 77.9 Å². The Bertz CT molecular complexity index is 2040. The van der Waals surface area contributed by atoms with Crippen molar-refractivity contribution in [2.45, 2.75) is 52.4 Å². The Morgan fingerprint density at radius 3 is 2.31 bits per heavy atom. The summed E-state index contributed by atoms with van der Waals surface area (Å²) in [6.45, 7) is 13.2.